The Morgan fingerprint density at radius 3 is 2.23 bits per heavy atom. The second-order valence-corrected chi connectivity index (χ2v) is 2.83. The quantitative estimate of drug-likeness (QED) is 0.580. The first-order valence-corrected chi connectivity index (χ1v) is 3.98. The monoisotopic (exact) mass is 179 g/mol. The molecule has 0 fully saturated rings. The predicted molar refractivity (Wildman–Crippen MR) is 51.9 cm³/mol. The van der Waals surface area contributed by atoms with E-state index in [-0.39, 0.29) is 5.91 Å². The summed E-state index contributed by atoms with van der Waals surface area (Å²) < 4.78 is 0. The minimum Gasteiger partial charge on any atom is -0.326 e. The number of benzene rings is 1. The van der Waals surface area contributed by atoms with Crippen molar-refractivity contribution >= 4 is 11.6 Å². The number of rotatable bonds is 2. The van der Waals surface area contributed by atoms with Crippen LogP contribution < -0.4 is 16.8 Å². The minimum atomic E-state index is -0.466. The van der Waals surface area contributed by atoms with E-state index in [1.807, 2.05) is 0 Å². The van der Waals surface area contributed by atoms with E-state index in [1.54, 1.807) is 24.3 Å². The number of anilines is 1. The maximum Gasteiger partial charge on any atom is 0.221 e. The van der Waals surface area contributed by atoms with Crippen molar-refractivity contribution in [1.29, 1.82) is 0 Å². The molecule has 1 amide bonds. The van der Waals surface area contributed by atoms with E-state index in [0.29, 0.717) is 0 Å². The van der Waals surface area contributed by atoms with Crippen molar-refractivity contribution in [3.05, 3.63) is 29.8 Å². The van der Waals surface area contributed by atoms with Gasteiger partial charge in [-0.15, -0.1) is 0 Å². The number of carbonyl (C=O) groups is 1. The van der Waals surface area contributed by atoms with Crippen LogP contribution >= 0.6 is 0 Å². The van der Waals surface area contributed by atoms with Gasteiger partial charge in [-0.25, -0.2) is 0 Å². The summed E-state index contributed by atoms with van der Waals surface area (Å²) in [6.07, 6.45) is -0.466. The van der Waals surface area contributed by atoms with E-state index in [2.05, 4.69) is 5.32 Å². The van der Waals surface area contributed by atoms with Crippen molar-refractivity contribution in [2.24, 2.45) is 11.5 Å². The van der Waals surface area contributed by atoms with Gasteiger partial charge in [-0.1, -0.05) is 12.1 Å². The van der Waals surface area contributed by atoms with Gasteiger partial charge in [0.2, 0.25) is 5.91 Å². The number of nitrogens with one attached hydrogen (secondary N) is 1. The van der Waals surface area contributed by atoms with Crippen LogP contribution in [0, 0.1) is 0 Å². The van der Waals surface area contributed by atoms with Gasteiger partial charge in [-0.3, -0.25) is 4.79 Å². The van der Waals surface area contributed by atoms with Crippen LogP contribution in [0.4, 0.5) is 5.69 Å². The molecule has 0 aromatic heterocycles. The van der Waals surface area contributed by atoms with Crippen molar-refractivity contribution < 1.29 is 4.79 Å². The zero-order valence-corrected chi connectivity index (χ0v) is 7.45. The van der Waals surface area contributed by atoms with E-state index in [4.69, 9.17) is 11.5 Å². The second-order valence-electron chi connectivity index (χ2n) is 2.83. The molecular formula is C9H13N3O. The normalized spacial score (nSPS) is 10.2. The van der Waals surface area contributed by atoms with Crippen molar-refractivity contribution in [1.82, 2.24) is 0 Å². The van der Waals surface area contributed by atoms with Crippen LogP contribution in [-0.4, -0.2) is 5.91 Å². The lowest BCUT2D eigenvalue weighted by Crippen LogP contribution is -2.19. The maximum atomic E-state index is 10.7. The van der Waals surface area contributed by atoms with Crippen LogP contribution in [-0.2, 0) is 4.79 Å². The molecule has 0 radical (unpaired) electrons. The van der Waals surface area contributed by atoms with E-state index in [0.717, 1.165) is 11.3 Å². The van der Waals surface area contributed by atoms with E-state index < -0.39 is 6.17 Å². The summed E-state index contributed by atoms with van der Waals surface area (Å²) in [5.74, 6) is -0.0928. The van der Waals surface area contributed by atoms with Gasteiger partial charge in [0.05, 0.1) is 6.17 Å². The first kappa shape index (κ1) is 9.70. The molecular weight excluding hydrogens is 166 g/mol. The Kier molecular flexibility index (Phi) is 3.00. The topological polar surface area (TPSA) is 81.1 Å². The Morgan fingerprint density at radius 1 is 1.31 bits per heavy atom. The van der Waals surface area contributed by atoms with Crippen LogP contribution in [0.1, 0.15) is 18.7 Å². The van der Waals surface area contributed by atoms with Crippen LogP contribution in [0.2, 0.25) is 0 Å². The average molecular weight is 179 g/mol. The Balaban J connectivity index is 2.75. The molecule has 0 saturated carbocycles. The number of carbonyl (C=O) groups excluding carboxylic acids is 1. The summed E-state index contributed by atoms with van der Waals surface area (Å²) in [7, 11) is 0. The molecule has 0 aliphatic rings. The van der Waals surface area contributed by atoms with Crippen molar-refractivity contribution in [2.45, 2.75) is 13.1 Å². The molecule has 4 nitrogen and oxygen atoms in total. The summed E-state index contributed by atoms with van der Waals surface area (Å²) in [6, 6.07) is 7.11. The largest absolute Gasteiger partial charge is 0.326 e. The molecule has 0 unspecified atom stereocenters. The van der Waals surface area contributed by atoms with Gasteiger partial charge in [0, 0.05) is 12.6 Å². The number of hydrogen-bond donors (Lipinski definition) is 3. The molecule has 0 saturated heterocycles. The van der Waals surface area contributed by atoms with Crippen LogP contribution in [0.3, 0.4) is 0 Å². The molecule has 1 aromatic carbocycles. The van der Waals surface area contributed by atoms with Gasteiger partial charge < -0.3 is 16.8 Å². The highest BCUT2D eigenvalue weighted by molar-refractivity contribution is 5.88. The third-order valence-corrected chi connectivity index (χ3v) is 1.62. The Hall–Kier alpha value is -1.39. The van der Waals surface area contributed by atoms with E-state index in [9.17, 15) is 4.79 Å². The SMILES string of the molecule is CC(=O)Nc1ccc(C(N)N)cc1. The third kappa shape index (κ3) is 2.85. The first-order valence-electron chi connectivity index (χ1n) is 3.98. The Labute approximate surface area is 76.9 Å². The second kappa shape index (κ2) is 4.02. The van der Waals surface area contributed by atoms with Gasteiger partial charge in [0.25, 0.3) is 0 Å². The van der Waals surface area contributed by atoms with Crippen molar-refractivity contribution in [3.8, 4) is 0 Å². The van der Waals surface area contributed by atoms with Crippen LogP contribution in [0.15, 0.2) is 24.3 Å². The molecule has 0 heterocycles. The molecule has 0 aliphatic heterocycles. The number of hydrogen-bond acceptors (Lipinski definition) is 3. The molecule has 1 aromatic rings. The van der Waals surface area contributed by atoms with Gasteiger partial charge >= 0.3 is 0 Å². The van der Waals surface area contributed by atoms with Gasteiger partial charge in [-0.05, 0) is 17.7 Å². The fourth-order valence-electron chi connectivity index (χ4n) is 0.992. The first-order chi connectivity index (χ1) is 6.09. The van der Waals surface area contributed by atoms with Crippen LogP contribution in [0.5, 0.6) is 0 Å². The molecule has 5 N–H and O–H groups in total. The summed E-state index contributed by atoms with van der Waals surface area (Å²) in [5.41, 5.74) is 12.5. The summed E-state index contributed by atoms with van der Waals surface area (Å²) in [5, 5.41) is 2.65. The fraction of sp³-hybridized carbons (Fsp3) is 0.222. The molecule has 0 spiro atoms. The van der Waals surface area contributed by atoms with E-state index >= 15 is 0 Å². The van der Waals surface area contributed by atoms with Gasteiger partial charge in [0.15, 0.2) is 0 Å². The highest BCUT2D eigenvalue weighted by atomic mass is 16.1. The lowest BCUT2D eigenvalue weighted by molar-refractivity contribution is -0.114. The van der Waals surface area contributed by atoms with Crippen LogP contribution in [0.25, 0.3) is 0 Å². The van der Waals surface area contributed by atoms with Gasteiger partial charge in [-0.2, -0.15) is 0 Å². The van der Waals surface area contributed by atoms with E-state index in [1.165, 1.54) is 6.92 Å². The predicted octanol–water partition coefficient (Wildman–Crippen LogP) is 0.561. The molecule has 0 atom stereocenters. The van der Waals surface area contributed by atoms with Crippen molar-refractivity contribution in [2.75, 3.05) is 5.32 Å². The smallest absolute Gasteiger partial charge is 0.221 e. The highest BCUT2D eigenvalue weighted by Gasteiger charge is 1.99. The Morgan fingerprint density at radius 2 is 1.85 bits per heavy atom. The zero-order valence-electron chi connectivity index (χ0n) is 7.45. The third-order valence-electron chi connectivity index (χ3n) is 1.62. The lowest BCUT2D eigenvalue weighted by atomic mass is 10.1. The molecule has 13 heavy (non-hydrogen) atoms. The molecule has 0 aliphatic carbocycles. The molecule has 1 rings (SSSR count). The molecule has 70 valence electrons. The summed E-state index contributed by atoms with van der Waals surface area (Å²) >= 11 is 0. The van der Waals surface area contributed by atoms with Crippen molar-refractivity contribution in [3.63, 3.8) is 0 Å². The fourth-order valence-corrected chi connectivity index (χ4v) is 0.992. The summed E-state index contributed by atoms with van der Waals surface area (Å²) in [4.78, 5) is 10.7. The Bertz CT molecular complexity index is 292. The lowest BCUT2D eigenvalue weighted by Gasteiger charge is -2.06. The standard InChI is InChI=1S/C9H13N3O/c1-6(13)12-8-4-2-7(3-5-8)9(10)11/h2-5,9H,10-11H2,1H3,(H,12,13). The number of amides is 1. The molecule has 0 bridgehead atoms. The maximum absolute atomic E-state index is 10.7. The zero-order chi connectivity index (χ0) is 9.84. The molecule has 4 heteroatoms. The minimum absolute atomic E-state index is 0.0928. The summed E-state index contributed by atoms with van der Waals surface area (Å²) in [6.45, 7) is 1.46. The highest BCUT2D eigenvalue weighted by Crippen LogP contribution is 2.11. The number of nitrogens with two attached hydrogens (primary N) is 2. The van der Waals surface area contributed by atoms with Gasteiger partial charge in [0.1, 0.15) is 0 Å². The average Bonchev–Trinajstić information content (AvgIpc) is 2.04.